The van der Waals surface area contributed by atoms with Crippen molar-refractivity contribution in [2.24, 2.45) is 5.92 Å². The molecule has 0 aliphatic heterocycles. The van der Waals surface area contributed by atoms with Crippen molar-refractivity contribution in [1.82, 2.24) is 10.3 Å². The Bertz CT molecular complexity index is 399. The van der Waals surface area contributed by atoms with Gasteiger partial charge in [-0.2, -0.15) is 0 Å². The molecule has 0 spiro atoms. The first-order valence-corrected chi connectivity index (χ1v) is 7.55. The summed E-state index contributed by atoms with van der Waals surface area (Å²) in [6, 6.07) is 1.99. The van der Waals surface area contributed by atoms with Crippen molar-refractivity contribution >= 4 is 17.4 Å². The number of rotatable bonds is 9. The second-order valence-corrected chi connectivity index (χ2v) is 5.67. The predicted molar refractivity (Wildman–Crippen MR) is 85.6 cm³/mol. The number of halogens is 1. The number of aromatic nitrogens is 1. The van der Waals surface area contributed by atoms with Crippen LogP contribution in [0.3, 0.4) is 0 Å². The van der Waals surface area contributed by atoms with Crippen molar-refractivity contribution < 1.29 is 4.74 Å². The maximum Gasteiger partial charge on any atom is 0.147 e. The number of anilines is 1. The molecule has 0 saturated heterocycles. The van der Waals surface area contributed by atoms with Crippen molar-refractivity contribution in [2.45, 2.75) is 27.3 Å². The molecule has 0 saturated carbocycles. The summed E-state index contributed by atoms with van der Waals surface area (Å²) in [5, 5.41) is 3.98. The number of nitrogens with zero attached hydrogens (tertiary/aromatic N) is 2. The second-order valence-electron chi connectivity index (χ2n) is 5.26. The summed E-state index contributed by atoms with van der Waals surface area (Å²) in [5.74, 6) is 1.39. The SMILES string of the molecule is CCNCc1cnc(N(CCOC)CC(C)C)c(Cl)c1. The third-order valence-corrected chi connectivity index (χ3v) is 3.19. The van der Waals surface area contributed by atoms with Gasteiger partial charge in [-0.25, -0.2) is 4.98 Å². The highest BCUT2D eigenvalue weighted by molar-refractivity contribution is 6.33. The fourth-order valence-corrected chi connectivity index (χ4v) is 2.30. The van der Waals surface area contributed by atoms with Crippen LogP contribution >= 0.6 is 11.6 Å². The van der Waals surface area contributed by atoms with E-state index in [-0.39, 0.29) is 0 Å². The average molecular weight is 300 g/mol. The predicted octanol–water partition coefficient (Wildman–Crippen LogP) is 2.95. The molecule has 0 amide bonds. The smallest absolute Gasteiger partial charge is 0.147 e. The maximum absolute atomic E-state index is 6.39. The number of nitrogens with one attached hydrogen (secondary N) is 1. The van der Waals surface area contributed by atoms with E-state index >= 15 is 0 Å². The molecule has 0 fully saturated rings. The van der Waals surface area contributed by atoms with E-state index < -0.39 is 0 Å². The molecule has 4 nitrogen and oxygen atoms in total. The van der Waals surface area contributed by atoms with E-state index in [1.54, 1.807) is 7.11 Å². The molecule has 0 bridgehead atoms. The average Bonchev–Trinajstić information content (AvgIpc) is 2.41. The van der Waals surface area contributed by atoms with Gasteiger partial charge in [0.15, 0.2) is 0 Å². The highest BCUT2D eigenvalue weighted by Gasteiger charge is 2.14. The number of methoxy groups -OCH3 is 1. The summed E-state index contributed by atoms with van der Waals surface area (Å²) < 4.78 is 5.17. The third-order valence-electron chi connectivity index (χ3n) is 2.91. The maximum atomic E-state index is 6.39. The van der Waals surface area contributed by atoms with E-state index in [9.17, 15) is 0 Å². The summed E-state index contributed by atoms with van der Waals surface area (Å²) in [6.07, 6.45) is 1.89. The van der Waals surface area contributed by atoms with Gasteiger partial charge < -0.3 is 15.0 Å². The monoisotopic (exact) mass is 299 g/mol. The summed E-state index contributed by atoms with van der Waals surface area (Å²) in [7, 11) is 1.71. The Hall–Kier alpha value is -0.840. The van der Waals surface area contributed by atoms with Crippen LogP contribution in [-0.4, -0.2) is 38.3 Å². The van der Waals surface area contributed by atoms with Crippen molar-refractivity contribution in [3.63, 3.8) is 0 Å². The fourth-order valence-electron chi connectivity index (χ4n) is 1.99. The molecule has 1 aromatic rings. The van der Waals surface area contributed by atoms with Crippen LogP contribution in [0.2, 0.25) is 5.02 Å². The Kier molecular flexibility index (Phi) is 7.88. The van der Waals surface area contributed by atoms with Gasteiger partial charge in [-0.05, 0) is 24.1 Å². The van der Waals surface area contributed by atoms with Crippen molar-refractivity contribution in [3.8, 4) is 0 Å². The Morgan fingerprint density at radius 2 is 2.20 bits per heavy atom. The normalized spacial score (nSPS) is 11.1. The van der Waals surface area contributed by atoms with Gasteiger partial charge in [0.25, 0.3) is 0 Å². The number of ether oxygens (including phenoxy) is 1. The van der Waals surface area contributed by atoms with Gasteiger partial charge in [-0.15, -0.1) is 0 Å². The van der Waals surface area contributed by atoms with Crippen LogP contribution in [0.15, 0.2) is 12.3 Å². The first-order chi connectivity index (χ1) is 9.58. The minimum Gasteiger partial charge on any atom is -0.383 e. The van der Waals surface area contributed by atoms with Gasteiger partial charge in [0.2, 0.25) is 0 Å². The second kappa shape index (κ2) is 9.16. The fraction of sp³-hybridized carbons (Fsp3) is 0.667. The van der Waals surface area contributed by atoms with Gasteiger partial charge in [0, 0.05) is 32.9 Å². The number of hydrogen-bond acceptors (Lipinski definition) is 4. The van der Waals surface area contributed by atoms with Crippen molar-refractivity contribution in [1.29, 1.82) is 0 Å². The Morgan fingerprint density at radius 3 is 2.75 bits per heavy atom. The van der Waals surface area contributed by atoms with Crippen LogP contribution in [0.5, 0.6) is 0 Å². The lowest BCUT2D eigenvalue weighted by molar-refractivity contribution is 0.204. The van der Waals surface area contributed by atoms with E-state index in [1.807, 2.05) is 12.3 Å². The molecule has 0 atom stereocenters. The van der Waals surface area contributed by atoms with E-state index in [0.29, 0.717) is 17.5 Å². The van der Waals surface area contributed by atoms with Crippen molar-refractivity contribution in [2.75, 3.05) is 38.3 Å². The Labute approximate surface area is 127 Å². The Morgan fingerprint density at radius 1 is 1.45 bits per heavy atom. The topological polar surface area (TPSA) is 37.4 Å². The molecule has 0 aromatic carbocycles. The first kappa shape index (κ1) is 17.2. The number of pyridine rings is 1. The Balaban J connectivity index is 2.83. The zero-order chi connectivity index (χ0) is 15.0. The van der Waals surface area contributed by atoms with Crippen LogP contribution < -0.4 is 10.2 Å². The van der Waals surface area contributed by atoms with E-state index in [0.717, 1.165) is 37.6 Å². The molecule has 0 aliphatic carbocycles. The minimum absolute atomic E-state index is 0.547. The van der Waals surface area contributed by atoms with Crippen LogP contribution in [0.4, 0.5) is 5.82 Å². The van der Waals surface area contributed by atoms with Crippen LogP contribution in [0.1, 0.15) is 26.3 Å². The highest BCUT2D eigenvalue weighted by Crippen LogP contribution is 2.24. The molecule has 0 radical (unpaired) electrons. The van der Waals surface area contributed by atoms with Crippen LogP contribution in [0.25, 0.3) is 0 Å². The van der Waals surface area contributed by atoms with Gasteiger partial charge >= 0.3 is 0 Å². The number of hydrogen-bond donors (Lipinski definition) is 1. The lowest BCUT2D eigenvalue weighted by atomic mass is 10.2. The minimum atomic E-state index is 0.547. The van der Waals surface area contributed by atoms with Gasteiger partial charge in [-0.1, -0.05) is 32.4 Å². The first-order valence-electron chi connectivity index (χ1n) is 7.17. The lowest BCUT2D eigenvalue weighted by Crippen LogP contribution is -2.32. The summed E-state index contributed by atoms with van der Waals surface area (Å²) in [4.78, 5) is 6.72. The largest absolute Gasteiger partial charge is 0.383 e. The summed E-state index contributed by atoms with van der Waals surface area (Å²) >= 11 is 6.39. The molecule has 0 unspecified atom stereocenters. The van der Waals surface area contributed by atoms with Crippen LogP contribution in [0, 0.1) is 5.92 Å². The van der Waals surface area contributed by atoms with E-state index in [4.69, 9.17) is 16.3 Å². The molecule has 1 heterocycles. The molecular weight excluding hydrogens is 274 g/mol. The zero-order valence-corrected chi connectivity index (χ0v) is 13.7. The quantitative estimate of drug-likeness (QED) is 0.761. The van der Waals surface area contributed by atoms with Crippen molar-refractivity contribution in [3.05, 3.63) is 22.8 Å². The van der Waals surface area contributed by atoms with Gasteiger partial charge in [-0.3, -0.25) is 0 Å². The molecule has 114 valence electrons. The van der Waals surface area contributed by atoms with E-state index in [2.05, 4.69) is 36.0 Å². The highest BCUT2D eigenvalue weighted by atomic mass is 35.5. The molecule has 20 heavy (non-hydrogen) atoms. The molecule has 0 aliphatic rings. The van der Waals surface area contributed by atoms with Gasteiger partial charge in [0.05, 0.1) is 11.6 Å². The zero-order valence-electron chi connectivity index (χ0n) is 12.9. The van der Waals surface area contributed by atoms with Crippen LogP contribution in [-0.2, 0) is 11.3 Å². The van der Waals surface area contributed by atoms with Gasteiger partial charge in [0.1, 0.15) is 5.82 Å². The molecule has 1 rings (SSSR count). The molecular formula is C15H26ClN3O. The summed E-state index contributed by atoms with van der Waals surface area (Å²) in [6.45, 7) is 10.6. The summed E-state index contributed by atoms with van der Waals surface area (Å²) in [5.41, 5.74) is 1.11. The standard InChI is InChI=1S/C15H26ClN3O/c1-5-17-9-13-8-14(16)15(18-10-13)19(6-7-20-4)11-12(2)3/h8,10,12,17H,5-7,9,11H2,1-4H3. The lowest BCUT2D eigenvalue weighted by Gasteiger charge is -2.26. The molecule has 1 aromatic heterocycles. The molecule has 5 heteroatoms. The third kappa shape index (κ3) is 5.65. The molecule has 1 N–H and O–H groups in total. The van der Waals surface area contributed by atoms with E-state index in [1.165, 1.54) is 0 Å².